The second-order valence-corrected chi connectivity index (χ2v) is 8.75. The summed E-state index contributed by atoms with van der Waals surface area (Å²) >= 11 is 0. The van der Waals surface area contributed by atoms with E-state index in [1.165, 1.54) is 19.1 Å². The van der Waals surface area contributed by atoms with Gasteiger partial charge in [0.25, 0.3) is 0 Å². The van der Waals surface area contributed by atoms with Gasteiger partial charge in [0.2, 0.25) is 5.75 Å². The molecule has 3 aromatic rings. The fourth-order valence-corrected chi connectivity index (χ4v) is 4.13. The number of nitro groups is 1. The summed E-state index contributed by atoms with van der Waals surface area (Å²) in [6, 6.07) is 19.2. The van der Waals surface area contributed by atoms with Crippen molar-refractivity contribution in [3.05, 3.63) is 99.6 Å². The summed E-state index contributed by atoms with van der Waals surface area (Å²) in [6.07, 6.45) is -0.775. The van der Waals surface area contributed by atoms with Crippen molar-refractivity contribution in [1.29, 1.82) is 0 Å². The molecule has 0 aromatic heterocycles. The number of benzodiazepines with no additional fused rings is 1. The van der Waals surface area contributed by atoms with Crippen molar-refractivity contribution in [3.8, 4) is 5.75 Å². The fraction of sp³-hybridized carbons (Fsp3) is 0.222. The third kappa shape index (κ3) is 5.25. The molecule has 0 saturated heterocycles. The van der Waals surface area contributed by atoms with Gasteiger partial charge >= 0.3 is 5.69 Å². The lowest BCUT2D eigenvalue weighted by molar-refractivity contribution is -0.386. The SMILES string of the molecule is CC(=O)c1ccc(ONC(C)C(=O)C2N=C(c3ccccc3)c3ccccc3N(C)[C@@H]2N)c([N+](=O)[O-])c1. The van der Waals surface area contributed by atoms with Gasteiger partial charge in [-0.05, 0) is 32.0 Å². The van der Waals surface area contributed by atoms with Crippen molar-refractivity contribution in [2.75, 3.05) is 11.9 Å². The van der Waals surface area contributed by atoms with Gasteiger partial charge in [-0.15, -0.1) is 5.48 Å². The van der Waals surface area contributed by atoms with E-state index in [4.69, 9.17) is 15.6 Å². The zero-order chi connectivity index (χ0) is 26.7. The average molecular weight is 502 g/mol. The van der Waals surface area contributed by atoms with Crippen molar-refractivity contribution in [2.45, 2.75) is 32.1 Å². The molecule has 0 saturated carbocycles. The summed E-state index contributed by atoms with van der Waals surface area (Å²) in [5, 5.41) is 11.5. The summed E-state index contributed by atoms with van der Waals surface area (Å²) in [6.45, 7) is 2.88. The Hall–Kier alpha value is -4.41. The Bertz CT molecular complexity index is 1370. The number of nitrogens with zero attached hydrogens (tertiary/aromatic N) is 3. The van der Waals surface area contributed by atoms with Gasteiger partial charge in [0.1, 0.15) is 18.2 Å². The first kappa shape index (κ1) is 25.7. The predicted octanol–water partition coefficient (Wildman–Crippen LogP) is 3.28. The molecule has 0 spiro atoms. The summed E-state index contributed by atoms with van der Waals surface area (Å²) in [5.74, 6) is -0.799. The lowest BCUT2D eigenvalue weighted by atomic mass is 10.0. The van der Waals surface area contributed by atoms with E-state index in [1.807, 2.05) is 66.5 Å². The highest BCUT2D eigenvalue weighted by atomic mass is 16.7. The Morgan fingerprint density at radius 1 is 1.11 bits per heavy atom. The van der Waals surface area contributed by atoms with Crippen molar-refractivity contribution < 1.29 is 19.3 Å². The summed E-state index contributed by atoms with van der Waals surface area (Å²) in [7, 11) is 1.81. The van der Waals surface area contributed by atoms with E-state index in [0.29, 0.717) is 5.71 Å². The molecule has 1 heterocycles. The molecule has 37 heavy (non-hydrogen) atoms. The molecule has 2 unspecified atom stereocenters. The van der Waals surface area contributed by atoms with Gasteiger partial charge < -0.3 is 15.5 Å². The quantitative estimate of drug-likeness (QED) is 0.272. The van der Waals surface area contributed by atoms with Crippen LogP contribution in [0.2, 0.25) is 0 Å². The number of nitrogens with two attached hydrogens (primary N) is 1. The number of likely N-dealkylation sites (N-methyl/N-ethyl adjacent to an activating group) is 1. The molecular weight excluding hydrogens is 474 g/mol. The van der Waals surface area contributed by atoms with Gasteiger partial charge in [-0.1, -0.05) is 48.5 Å². The number of nitro benzene ring substituents is 1. The van der Waals surface area contributed by atoms with E-state index in [-0.39, 0.29) is 22.9 Å². The van der Waals surface area contributed by atoms with E-state index in [9.17, 15) is 19.7 Å². The monoisotopic (exact) mass is 501 g/mol. The summed E-state index contributed by atoms with van der Waals surface area (Å²) in [4.78, 5) is 48.1. The molecule has 3 aromatic carbocycles. The molecule has 0 radical (unpaired) electrons. The molecular formula is C27H27N5O5. The van der Waals surface area contributed by atoms with Crippen LogP contribution in [0.4, 0.5) is 11.4 Å². The number of hydrogen-bond donors (Lipinski definition) is 2. The van der Waals surface area contributed by atoms with Gasteiger partial charge in [-0.2, -0.15) is 0 Å². The van der Waals surface area contributed by atoms with Crippen molar-refractivity contribution in [2.24, 2.45) is 10.7 Å². The fourth-order valence-electron chi connectivity index (χ4n) is 4.13. The van der Waals surface area contributed by atoms with E-state index in [1.54, 1.807) is 6.92 Å². The Kier molecular flexibility index (Phi) is 7.42. The smallest absolute Gasteiger partial charge is 0.314 e. The Morgan fingerprint density at radius 3 is 2.46 bits per heavy atom. The number of benzene rings is 3. The van der Waals surface area contributed by atoms with E-state index >= 15 is 0 Å². The second kappa shape index (κ2) is 10.7. The van der Waals surface area contributed by atoms with Crippen LogP contribution in [0.5, 0.6) is 5.75 Å². The van der Waals surface area contributed by atoms with Crippen LogP contribution in [-0.4, -0.2) is 47.5 Å². The van der Waals surface area contributed by atoms with Gasteiger partial charge in [0, 0.05) is 35.5 Å². The number of Topliss-reactive ketones (excluding diaryl/α,β-unsaturated/α-hetero) is 2. The van der Waals surface area contributed by atoms with Crippen LogP contribution >= 0.6 is 0 Å². The molecule has 0 fully saturated rings. The summed E-state index contributed by atoms with van der Waals surface area (Å²) in [5.41, 5.74) is 12.1. The largest absolute Gasteiger partial charge is 0.401 e. The van der Waals surface area contributed by atoms with Crippen LogP contribution in [0.3, 0.4) is 0 Å². The highest BCUT2D eigenvalue weighted by molar-refractivity contribution is 6.17. The topological polar surface area (TPSA) is 140 Å². The molecule has 190 valence electrons. The highest BCUT2D eigenvalue weighted by Gasteiger charge is 2.36. The number of rotatable bonds is 8. The number of aliphatic imine (C=N–C) groups is 1. The maximum atomic E-state index is 13.6. The van der Waals surface area contributed by atoms with Gasteiger partial charge in [0.15, 0.2) is 11.6 Å². The van der Waals surface area contributed by atoms with Crippen molar-refractivity contribution in [3.63, 3.8) is 0 Å². The third-order valence-corrected chi connectivity index (χ3v) is 6.25. The Morgan fingerprint density at radius 2 is 1.78 bits per heavy atom. The second-order valence-electron chi connectivity index (χ2n) is 8.75. The lowest BCUT2D eigenvalue weighted by Gasteiger charge is -2.30. The Balaban J connectivity index is 1.63. The molecule has 4 rings (SSSR count). The zero-order valence-electron chi connectivity index (χ0n) is 20.6. The van der Waals surface area contributed by atoms with E-state index < -0.39 is 28.9 Å². The van der Waals surface area contributed by atoms with Crippen LogP contribution in [-0.2, 0) is 4.79 Å². The first-order valence-electron chi connectivity index (χ1n) is 11.7. The number of para-hydroxylation sites is 1. The molecule has 1 aliphatic rings. The van der Waals surface area contributed by atoms with Crippen LogP contribution in [0.25, 0.3) is 0 Å². The third-order valence-electron chi connectivity index (χ3n) is 6.25. The highest BCUT2D eigenvalue weighted by Crippen LogP contribution is 2.30. The lowest BCUT2D eigenvalue weighted by Crippen LogP contribution is -2.54. The first-order chi connectivity index (χ1) is 17.7. The molecule has 1 aliphatic heterocycles. The van der Waals surface area contributed by atoms with E-state index in [0.717, 1.165) is 22.9 Å². The van der Waals surface area contributed by atoms with Gasteiger partial charge in [-0.25, -0.2) is 0 Å². The molecule has 3 N–H and O–H groups in total. The van der Waals surface area contributed by atoms with E-state index in [2.05, 4.69) is 5.48 Å². The molecule has 10 heteroatoms. The van der Waals surface area contributed by atoms with Crippen LogP contribution in [0.1, 0.15) is 35.3 Å². The number of carbonyl (C=O) groups excluding carboxylic acids is 2. The molecule has 0 aliphatic carbocycles. The van der Waals surface area contributed by atoms with Crippen molar-refractivity contribution in [1.82, 2.24) is 5.48 Å². The normalized spacial score (nSPS) is 17.7. The molecule has 3 atom stereocenters. The maximum Gasteiger partial charge on any atom is 0.314 e. The number of hydrogen-bond acceptors (Lipinski definition) is 9. The number of anilines is 1. The van der Waals surface area contributed by atoms with Crippen LogP contribution in [0, 0.1) is 10.1 Å². The minimum absolute atomic E-state index is 0.127. The minimum Gasteiger partial charge on any atom is -0.401 e. The first-order valence-corrected chi connectivity index (χ1v) is 11.7. The number of carbonyl (C=O) groups is 2. The summed E-state index contributed by atoms with van der Waals surface area (Å²) < 4.78 is 0. The maximum absolute atomic E-state index is 13.6. The van der Waals surface area contributed by atoms with Crippen molar-refractivity contribution >= 4 is 28.7 Å². The number of ketones is 2. The van der Waals surface area contributed by atoms with Crippen LogP contribution < -0.4 is 21.0 Å². The molecule has 0 bridgehead atoms. The Labute approximate surface area is 213 Å². The van der Waals surface area contributed by atoms with Gasteiger partial charge in [-0.3, -0.25) is 24.7 Å². The molecule has 10 nitrogen and oxygen atoms in total. The number of hydroxylamine groups is 1. The predicted molar refractivity (Wildman–Crippen MR) is 140 cm³/mol. The number of fused-ring (bicyclic) bond motifs is 1. The minimum atomic E-state index is -0.964. The van der Waals surface area contributed by atoms with Gasteiger partial charge in [0.05, 0.1) is 10.6 Å². The average Bonchev–Trinajstić information content (AvgIpc) is 3.01. The zero-order valence-corrected chi connectivity index (χ0v) is 20.6. The molecule has 0 amide bonds. The number of nitrogens with one attached hydrogen (secondary N) is 1. The van der Waals surface area contributed by atoms with Crippen LogP contribution in [0.15, 0.2) is 77.8 Å². The standard InChI is InChI=1S/C27H27N5O5/c1-16(30-37-23-14-13-19(17(2)33)15-22(23)32(35)36)26(34)25-27(28)31(3)21-12-8-7-11-20(21)24(29-25)18-9-5-4-6-10-18/h4-16,25,27,30H,28H2,1-3H3/t16?,25?,27-/m0/s1.